The zero-order valence-corrected chi connectivity index (χ0v) is 11.0. The van der Waals surface area contributed by atoms with Gasteiger partial charge in [-0.05, 0) is 36.9 Å². The van der Waals surface area contributed by atoms with Gasteiger partial charge in [0.2, 0.25) is 5.91 Å². The fraction of sp³-hybridized carbons (Fsp3) is 0.417. The highest BCUT2D eigenvalue weighted by molar-refractivity contribution is 7.99. The van der Waals surface area contributed by atoms with E-state index < -0.39 is 0 Å². The Kier molecular flexibility index (Phi) is 4.71. The van der Waals surface area contributed by atoms with Gasteiger partial charge in [-0.1, -0.05) is 23.7 Å². The SMILES string of the molecule is O=C(CSCC1CNC1)Nc1ccccc1Cl. The van der Waals surface area contributed by atoms with Gasteiger partial charge in [-0.2, -0.15) is 11.8 Å². The molecule has 0 bridgehead atoms. The number of carbonyl (C=O) groups excluding carboxylic acids is 1. The Bertz CT molecular complexity index is 396. The molecule has 1 saturated heterocycles. The minimum atomic E-state index is 0.00961. The number of rotatable bonds is 5. The van der Waals surface area contributed by atoms with Crippen LogP contribution in [0.1, 0.15) is 0 Å². The molecule has 17 heavy (non-hydrogen) atoms. The van der Waals surface area contributed by atoms with E-state index in [0.29, 0.717) is 16.5 Å². The highest BCUT2D eigenvalue weighted by Crippen LogP contribution is 2.21. The van der Waals surface area contributed by atoms with Gasteiger partial charge in [0.25, 0.3) is 0 Å². The Balaban J connectivity index is 1.71. The van der Waals surface area contributed by atoms with Crippen molar-refractivity contribution in [2.45, 2.75) is 0 Å². The minimum Gasteiger partial charge on any atom is -0.324 e. The van der Waals surface area contributed by atoms with Gasteiger partial charge in [0.05, 0.1) is 16.5 Å². The fourth-order valence-electron chi connectivity index (χ4n) is 1.53. The molecule has 2 rings (SSSR count). The zero-order chi connectivity index (χ0) is 12.1. The number of benzene rings is 1. The molecular weight excluding hydrogens is 256 g/mol. The van der Waals surface area contributed by atoms with E-state index in [1.165, 1.54) is 0 Å². The number of thioether (sulfide) groups is 1. The quantitative estimate of drug-likeness (QED) is 0.862. The van der Waals surface area contributed by atoms with Crippen LogP contribution in [-0.4, -0.2) is 30.5 Å². The molecule has 1 aromatic rings. The van der Waals surface area contributed by atoms with Gasteiger partial charge >= 0.3 is 0 Å². The van der Waals surface area contributed by atoms with Crippen LogP contribution in [0.3, 0.4) is 0 Å². The third kappa shape index (κ3) is 3.91. The van der Waals surface area contributed by atoms with Crippen LogP contribution in [0.5, 0.6) is 0 Å². The van der Waals surface area contributed by atoms with Crippen molar-refractivity contribution < 1.29 is 4.79 Å². The van der Waals surface area contributed by atoms with Crippen molar-refractivity contribution in [3.05, 3.63) is 29.3 Å². The maximum atomic E-state index is 11.6. The summed E-state index contributed by atoms with van der Waals surface area (Å²) < 4.78 is 0. The highest BCUT2D eigenvalue weighted by atomic mass is 35.5. The molecule has 0 atom stereocenters. The average Bonchev–Trinajstić information content (AvgIpc) is 2.25. The summed E-state index contributed by atoms with van der Waals surface area (Å²) in [5.74, 6) is 2.27. The zero-order valence-electron chi connectivity index (χ0n) is 9.41. The number of hydrogen-bond donors (Lipinski definition) is 2. The standard InChI is InChI=1S/C12H15ClN2OS/c13-10-3-1-2-4-11(10)15-12(16)8-17-7-9-5-14-6-9/h1-4,9,14H,5-8H2,(H,15,16). The number of halogens is 1. The molecule has 0 aliphatic carbocycles. The summed E-state index contributed by atoms with van der Waals surface area (Å²) in [7, 11) is 0. The van der Waals surface area contributed by atoms with Crippen LogP contribution in [0, 0.1) is 5.92 Å². The summed E-state index contributed by atoms with van der Waals surface area (Å²) in [4.78, 5) is 11.6. The first-order chi connectivity index (χ1) is 8.25. The summed E-state index contributed by atoms with van der Waals surface area (Å²) >= 11 is 7.63. The van der Waals surface area contributed by atoms with Crippen molar-refractivity contribution in [2.24, 2.45) is 5.92 Å². The van der Waals surface area contributed by atoms with Gasteiger partial charge in [0.1, 0.15) is 0 Å². The van der Waals surface area contributed by atoms with E-state index in [-0.39, 0.29) is 5.91 Å². The number of anilines is 1. The molecule has 0 radical (unpaired) electrons. The lowest BCUT2D eigenvalue weighted by Crippen LogP contribution is -2.43. The van der Waals surface area contributed by atoms with Crippen molar-refractivity contribution in [3.63, 3.8) is 0 Å². The van der Waals surface area contributed by atoms with Gasteiger partial charge in [0.15, 0.2) is 0 Å². The van der Waals surface area contributed by atoms with Crippen LogP contribution in [0.4, 0.5) is 5.69 Å². The number of para-hydroxylation sites is 1. The third-order valence-electron chi connectivity index (χ3n) is 2.60. The van der Waals surface area contributed by atoms with Gasteiger partial charge in [0, 0.05) is 0 Å². The second kappa shape index (κ2) is 6.28. The maximum Gasteiger partial charge on any atom is 0.234 e. The summed E-state index contributed by atoms with van der Waals surface area (Å²) in [6.07, 6.45) is 0. The summed E-state index contributed by atoms with van der Waals surface area (Å²) in [5, 5.41) is 6.61. The monoisotopic (exact) mass is 270 g/mol. The molecule has 0 spiro atoms. The number of carbonyl (C=O) groups is 1. The predicted octanol–water partition coefficient (Wildman–Crippen LogP) is 2.23. The minimum absolute atomic E-state index is 0.00961. The van der Waals surface area contributed by atoms with E-state index in [4.69, 9.17) is 11.6 Å². The van der Waals surface area contributed by atoms with E-state index in [0.717, 1.165) is 24.8 Å². The molecule has 1 fully saturated rings. The summed E-state index contributed by atoms with van der Waals surface area (Å²) in [6.45, 7) is 2.16. The lowest BCUT2D eigenvalue weighted by atomic mass is 10.1. The molecule has 0 unspecified atom stereocenters. The highest BCUT2D eigenvalue weighted by Gasteiger charge is 2.16. The molecular formula is C12H15ClN2OS. The van der Waals surface area contributed by atoms with Crippen molar-refractivity contribution >= 4 is 35.0 Å². The molecule has 1 aromatic carbocycles. The summed E-state index contributed by atoms with van der Waals surface area (Å²) in [5.41, 5.74) is 0.685. The van der Waals surface area contributed by atoms with Crippen LogP contribution >= 0.6 is 23.4 Å². The molecule has 5 heteroatoms. The molecule has 1 heterocycles. The van der Waals surface area contributed by atoms with Crippen molar-refractivity contribution in [1.29, 1.82) is 0 Å². The van der Waals surface area contributed by atoms with E-state index in [2.05, 4.69) is 10.6 Å². The van der Waals surface area contributed by atoms with Gasteiger partial charge in [-0.3, -0.25) is 4.79 Å². The smallest absolute Gasteiger partial charge is 0.234 e. The largest absolute Gasteiger partial charge is 0.324 e. The number of hydrogen-bond acceptors (Lipinski definition) is 3. The number of amides is 1. The Labute approximate surface area is 110 Å². The number of nitrogens with one attached hydrogen (secondary N) is 2. The second-order valence-electron chi connectivity index (χ2n) is 4.07. The van der Waals surface area contributed by atoms with E-state index in [1.807, 2.05) is 12.1 Å². The Hall–Kier alpha value is -0.710. The predicted molar refractivity (Wildman–Crippen MR) is 73.8 cm³/mol. The van der Waals surface area contributed by atoms with E-state index in [9.17, 15) is 4.79 Å². The van der Waals surface area contributed by atoms with Crippen molar-refractivity contribution in [1.82, 2.24) is 5.32 Å². The van der Waals surface area contributed by atoms with Crippen LogP contribution in [-0.2, 0) is 4.79 Å². The van der Waals surface area contributed by atoms with Crippen molar-refractivity contribution in [2.75, 3.05) is 29.9 Å². The van der Waals surface area contributed by atoms with Crippen molar-refractivity contribution in [3.8, 4) is 0 Å². The first-order valence-electron chi connectivity index (χ1n) is 5.58. The summed E-state index contributed by atoms with van der Waals surface area (Å²) in [6, 6.07) is 7.27. The fourth-order valence-corrected chi connectivity index (χ4v) is 2.66. The molecule has 0 aromatic heterocycles. The Morgan fingerprint density at radius 2 is 2.24 bits per heavy atom. The first kappa shape index (κ1) is 12.7. The molecule has 1 aliphatic heterocycles. The molecule has 0 saturated carbocycles. The molecule has 1 aliphatic rings. The maximum absolute atomic E-state index is 11.6. The molecule has 1 amide bonds. The first-order valence-corrected chi connectivity index (χ1v) is 7.12. The van der Waals surface area contributed by atoms with E-state index in [1.54, 1.807) is 23.9 Å². The van der Waals surface area contributed by atoms with Gasteiger partial charge in [-0.15, -0.1) is 0 Å². The Morgan fingerprint density at radius 3 is 2.88 bits per heavy atom. The van der Waals surface area contributed by atoms with Crippen LogP contribution in [0.25, 0.3) is 0 Å². The Morgan fingerprint density at radius 1 is 1.47 bits per heavy atom. The van der Waals surface area contributed by atoms with Crippen LogP contribution < -0.4 is 10.6 Å². The van der Waals surface area contributed by atoms with Crippen LogP contribution in [0.15, 0.2) is 24.3 Å². The molecule has 92 valence electrons. The molecule has 3 nitrogen and oxygen atoms in total. The lowest BCUT2D eigenvalue weighted by molar-refractivity contribution is -0.113. The topological polar surface area (TPSA) is 41.1 Å². The van der Waals surface area contributed by atoms with E-state index >= 15 is 0 Å². The van der Waals surface area contributed by atoms with Gasteiger partial charge < -0.3 is 10.6 Å². The normalized spacial score (nSPS) is 15.4. The third-order valence-corrected chi connectivity index (χ3v) is 4.10. The van der Waals surface area contributed by atoms with Crippen LogP contribution in [0.2, 0.25) is 5.02 Å². The molecule has 2 N–H and O–H groups in total. The van der Waals surface area contributed by atoms with Gasteiger partial charge in [-0.25, -0.2) is 0 Å². The lowest BCUT2D eigenvalue weighted by Gasteiger charge is -2.26. The average molecular weight is 271 g/mol. The second-order valence-corrected chi connectivity index (χ2v) is 5.50.